The zero-order valence-electron chi connectivity index (χ0n) is 10.2. The fourth-order valence-electron chi connectivity index (χ4n) is 1.31. The molecule has 0 spiro atoms. The van der Waals surface area contributed by atoms with Crippen molar-refractivity contribution in [2.45, 2.75) is 39.3 Å². The van der Waals surface area contributed by atoms with Gasteiger partial charge in [-0.25, -0.2) is 0 Å². The van der Waals surface area contributed by atoms with Crippen LogP contribution >= 0.6 is 0 Å². The third-order valence-electron chi connectivity index (χ3n) is 1.95. The minimum atomic E-state index is -0.151. The standard InChI is InChI=1S/C12H20N2O2/c1-12(2,3)14-11(15)4-6-13-8-10-5-7-16-9-10/h5,7,9,13H,4,6,8H2,1-3H3,(H,14,15). The molecule has 1 aromatic heterocycles. The molecule has 1 heterocycles. The summed E-state index contributed by atoms with van der Waals surface area (Å²) in [5, 5.41) is 6.10. The third kappa shape index (κ3) is 5.56. The van der Waals surface area contributed by atoms with Crippen LogP contribution in [0.25, 0.3) is 0 Å². The van der Waals surface area contributed by atoms with Crippen LogP contribution in [-0.4, -0.2) is 18.0 Å². The first-order chi connectivity index (χ1) is 7.47. The Kier molecular flexibility index (Phi) is 4.55. The topological polar surface area (TPSA) is 54.3 Å². The molecule has 0 fully saturated rings. The van der Waals surface area contributed by atoms with Gasteiger partial charge in [0.25, 0.3) is 0 Å². The zero-order chi connectivity index (χ0) is 12.0. The molecule has 4 nitrogen and oxygen atoms in total. The summed E-state index contributed by atoms with van der Waals surface area (Å²) in [7, 11) is 0. The summed E-state index contributed by atoms with van der Waals surface area (Å²) in [5.74, 6) is 0.0761. The maximum absolute atomic E-state index is 11.5. The lowest BCUT2D eigenvalue weighted by Crippen LogP contribution is -2.41. The lowest BCUT2D eigenvalue weighted by atomic mass is 10.1. The molecule has 2 N–H and O–H groups in total. The van der Waals surface area contributed by atoms with E-state index >= 15 is 0 Å². The van der Waals surface area contributed by atoms with E-state index < -0.39 is 0 Å². The molecule has 16 heavy (non-hydrogen) atoms. The number of rotatable bonds is 5. The average Bonchev–Trinajstić information content (AvgIpc) is 2.62. The van der Waals surface area contributed by atoms with E-state index in [1.807, 2.05) is 26.8 Å². The number of nitrogens with one attached hydrogen (secondary N) is 2. The van der Waals surface area contributed by atoms with Gasteiger partial charge in [0.05, 0.1) is 12.5 Å². The molecule has 0 bridgehead atoms. The molecular weight excluding hydrogens is 204 g/mol. The first-order valence-electron chi connectivity index (χ1n) is 5.50. The Morgan fingerprint density at radius 2 is 2.19 bits per heavy atom. The summed E-state index contributed by atoms with van der Waals surface area (Å²) >= 11 is 0. The fraction of sp³-hybridized carbons (Fsp3) is 0.583. The van der Waals surface area contributed by atoms with Crippen LogP contribution in [0.4, 0.5) is 0 Å². The first kappa shape index (κ1) is 12.8. The van der Waals surface area contributed by atoms with Crippen LogP contribution in [0, 0.1) is 0 Å². The van der Waals surface area contributed by atoms with Gasteiger partial charge in [-0.05, 0) is 26.8 Å². The number of carbonyl (C=O) groups excluding carboxylic acids is 1. The van der Waals surface area contributed by atoms with E-state index in [4.69, 9.17) is 4.42 Å². The van der Waals surface area contributed by atoms with Gasteiger partial charge in [-0.3, -0.25) is 4.79 Å². The Labute approximate surface area is 96.4 Å². The van der Waals surface area contributed by atoms with E-state index in [-0.39, 0.29) is 11.4 Å². The van der Waals surface area contributed by atoms with Crippen LogP contribution in [0.15, 0.2) is 23.0 Å². The predicted octanol–water partition coefficient (Wildman–Crippen LogP) is 1.67. The Balaban J connectivity index is 2.09. The lowest BCUT2D eigenvalue weighted by Gasteiger charge is -2.20. The van der Waals surface area contributed by atoms with E-state index in [1.165, 1.54) is 0 Å². The van der Waals surface area contributed by atoms with E-state index in [0.717, 1.165) is 12.1 Å². The highest BCUT2D eigenvalue weighted by atomic mass is 16.3. The Morgan fingerprint density at radius 1 is 1.44 bits per heavy atom. The molecular formula is C12H20N2O2. The Morgan fingerprint density at radius 3 is 2.75 bits per heavy atom. The van der Waals surface area contributed by atoms with Gasteiger partial charge in [0.1, 0.15) is 0 Å². The molecule has 4 heteroatoms. The second-order valence-corrected chi connectivity index (χ2v) is 4.86. The van der Waals surface area contributed by atoms with Crippen LogP contribution in [0.1, 0.15) is 32.8 Å². The van der Waals surface area contributed by atoms with Gasteiger partial charge < -0.3 is 15.1 Å². The van der Waals surface area contributed by atoms with Crippen molar-refractivity contribution in [3.05, 3.63) is 24.2 Å². The summed E-state index contributed by atoms with van der Waals surface area (Å²) in [5.41, 5.74) is 0.943. The number of carbonyl (C=O) groups is 1. The zero-order valence-corrected chi connectivity index (χ0v) is 10.2. The van der Waals surface area contributed by atoms with Crippen LogP contribution in [0.5, 0.6) is 0 Å². The van der Waals surface area contributed by atoms with Gasteiger partial charge in [-0.1, -0.05) is 0 Å². The molecule has 0 aromatic carbocycles. The molecule has 0 saturated carbocycles. The summed E-state index contributed by atoms with van der Waals surface area (Å²) in [6.45, 7) is 7.34. The van der Waals surface area contributed by atoms with Gasteiger partial charge in [-0.15, -0.1) is 0 Å². The summed E-state index contributed by atoms with van der Waals surface area (Å²) in [6, 6.07) is 1.90. The molecule has 1 amide bonds. The van der Waals surface area contributed by atoms with Crippen LogP contribution in [0.3, 0.4) is 0 Å². The highest BCUT2D eigenvalue weighted by Crippen LogP contribution is 2.00. The highest BCUT2D eigenvalue weighted by Gasteiger charge is 2.12. The lowest BCUT2D eigenvalue weighted by molar-refractivity contribution is -0.122. The molecule has 0 aliphatic rings. The number of amides is 1. The fourth-order valence-corrected chi connectivity index (χ4v) is 1.31. The number of hydrogen-bond donors (Lipinski definition) is 2. The second-order valence-electron chi connectivity index (χ2n) is 4.86. The van der Waals surface area contributed by atoms with Crippen molar-refractivity contribution < 1.29 is 9.21 Å². The number of hydrogen-bond acceptors (Lipinski definition) is 3. The van der Waals surface area contributed by atoms with Gasteiger partial charge in [-0.2, -0.15) is 0 Å². The quantitative estimate of drug-likeness (QED) is 0.748. The maximum Gasteiger partial charge on any atom is 0.221 e. The molecule has 0 aliphatic carbocycles. The average molecular weight is 224 g/mol. The van der Waals surface area contributed by atoms with Gasteiger partial charge in [0, 0.05) is 30.6 Å². The van der Waals surface area contributed by atoms with Gasteiger partial charge in [0.15, 0.2) is 0 Å². The molecule has 1 rings (SSSR count). The molecule has 0 radical (unpaired) electrons. The van der Waals surface area contributed by atoms with Crippen LogP contribution in [0.2, 0.25) is 0 Å². The minimum Gasteiger partial charge on any atom is -0.472 e. The first-order valence-corrected chi connectivity index (χ1v) is 5.50. The van der Waals surface area contributed by atoms with E-state index in [0.29, 0.717) is 13.0 Å². The van der Waals surface area contributed by atoms with Crippen molar-refractivity contribution in [2.24, 2.45) is 0 Å². The summed E-state index contributed by atoms with van der Waals surface area (Å²) in [6.07, 6.45) is 3.83. The van der Waals surface area contributed by atoms with Crippen molar-refractivity contribution in [3.8, 4) is 0 Å². The minimum absolute atomic E-state index is 0.0761. The van der Waals surface area contributed by atoms with Crippen molar-refractivity contribution in [1.82, 2.24) is 10.6 Å². The highest BCUT2D eigenvalue weighted by molar-refractivity contribution is 5.76. The van der Waals surface area contributed by atoms with Crippen molar-refractivity contribution >= 4 is 5.91 Å². The number of furan rings is 1. The van der Waals surface area contributed by atoms with Crippen molar-refractivity contribution in [1.29, 1.82) is 0 Å². The summed E-state index contributed by atoms with van der Waals surface area (Å²) < 4.78 is 4.94. The monoisotopic (exact) mass is 224 g/mol. The molecule has 0 saturated heterocycles. The smallest absolute Gasteiger partial charge is 0.221 e. The van der Waals surface area contributed by atoms with E-state index in [2.05, 4.69) is 10.6 Å². The Bertz CT molecular complexity index is 312. The molecule has 0 unspecified atom stereocenters. The van der Waals surface area contributed by atoms with E-state index in [1.54, 1.807) is 12.5 Å². The van der Waals surface area contributed by atoms with Crippen LogP contribution < -0.4 is 10.6 Å². The third-order valence-corrected chi connectivity index (χ3v) is 1.95. The van der Waals surface area contributed by atoms with E-state index in [9.17, 15) is 4.79 Å². The molecule has 0 atom stereocenters. The van der Waals surface area contributed by atoms with Gasteiger partial charge >= 0.3 is 0 Å². The largest absolute Gasteiger partial charge is 0.472 e. The normalized spacial score (nSPS) is 11.4. The SMILES string of the molecule is CC(C)(C)NC(=O)CCNCc1ccoc1. The Hall–Kier alpha value is -1.29. The molecule has 0 aliphatic heterocycles. The van der Waals surface area contributed by atoms with Crippen molar-refractivity contribution in [2.75, 3.05) is 6.54 Å². The molecule has 90 valence electrons. The summed E-state index contributed by atoms with van der Waals surface area (Å²) in [4.78, 5) is 11.5. The van der Waals surface area contributed by atoms with Crippen LogP contribution in [-0.2, 0) is 11.3 Å². The maximum atomic E-state index is 11.5. The molecule has 1 aromatic rings. The van der Waals surface area contributed by atoms with Gasteiger partial charge in [0.2, 0.25) is 5.91 Å². The van der Waals surface area contributed by atoms with Crippen molar-refractivity contribution in [3.63, 3.8) is 0 Å². The second kappa shape index (κ2) is 5.70. The predicted molar refractivity (Wildman–Crippen MR) is 62.9 cm³/mol.